The highest BCUT2D eigenvalue weighted by atomic mass is 16.5. The summed E-state index contributed by atoms with van der Waals surface area (Å²) in [6.45, 7) is 1.81. The fourth-order valence-corrected chi connectivity index (χ4v) is 2.90. The Kier molecular flexibility index (Phi) is 3.92. The van der Waals surface area contributed by atoms with Crippen LogP contribution in [0.4, 0.5) is 0 Å². The highest BCUT2D eigenvalue weighted by Gasteiger charge is 2.25. The van der Waals surface area contributed by atoms with Crippen LogP contribution in [-0.2, 0) is 4.74 Å². The molecule has 7 heteroatoms. The second-order valence-corrected chi connectivity index (χ2v) is 5.74. The molecule has 2 aromatic heterocycles. The number of aromatic nitrogens is 4. The number of rotatable bonds is 2. The molecule has 0 radical (unpaired) electrons. The van der Waals surface area contributed by atoms with E-state index in [9.17, 15) is 4.79 Å². The third-order valence-corrected chi connectivity index (χ3v) is 4.14. The number of H-pyrrole nitrogens is 1. The molecule has 0 spiro atoms. The van der Waals surface area contributed by atoms with E-state index in [1.165, 1.54) is 0 Å². The van der Waals surface area contributed by atoms with Crippen molar-refractivity contribution in [1.29, 1.82) is 0 Å². The molecule has 122 valence electrons. The first-order chi connectivity index (χ1) is 11.8. The Labute approximate surface area is 138 Å². The van der Waals surface area contributed by atoms with Crippen molar-refractivity contribution in [3.63, 3.8) is 0 Å². The Balaban J connectivity index is 1.58. The standard InChI is InChI=1S/C17H17N5O2/c23-17(14-8-7-13-16(18-14)20-21-19-13)22-9-4-10-24-15(11-22)12-5-2-1-3-6-12/h1-3,5-8,15H,4,9-11H2,(H,18,19,20,21). The Hall–Kier alpha value is -2.80. The lowest BCUT2D eigenvalue weighted by Crippen LogP contribution is -2.34. The largest absolute Gasteiger partial charge is 0.372 e. The summed E-state index contributed by atoms with van der Waals surface area (Å²) in [7, 11) is 0. The van der Waals surface area contributed by atoms with E-state index in [4.69, 9.17) is 4.74 Å². The van der Waals surface area contributed by atoms with Crippen LogP contribution in [0.15, 0.2) is 42.5 Å². The molecule has 1 aliphatic rings. The van der Waals surface area contributed by atoms with Crippen LogP contribution < -0.4 is 0 Å². The minimum absolute atomic E-state index is 0.105. The Bertz CT molecular complexity index is 848. The number of amides is 1. The molecule has 1 aromatic carbocycles. The van der Waals surface area contributed by atoms with Gasteiger partial charge in [0, 0.05) is 13.2 Å². The van der Waals surface area contributed by atoms with Crippen molar-refractivity contribution in [2.45, 2.75) is 12.5 Å². The van der Waals surface area contributed by atoms with Crippen molar-refractivity contribution in [3.05, 3.63) is 53.7 Å². The normalized spacial score (nSPS) is 18.5. The molecule has 1 fully saturated rings. The van der Waals surface area contributed by atoms with E-state index in [0.717, 1.165) is 12.0 Å². The van der Waals surface area contributed by atoms with Gasteiger partial charge in [-0.1, -0.05) is 30.3 Å². The maximum atomic E-state index is 12.8. The first-order valence-corrected chi connectivity index (χ1v) is 7.94. The van der Waals surface area contributed by atoms with E-state index >= 15 is 0 Å². The van der Waals surface area contributed by atoms with Gasteiger partial charge in [-0.25, -0.2) is 4.98 Å². The summed E-state index contributed by atoms with van der Waals surface area (Å²) in [5.74, 6) is -0.105. The van der Waals surface area contributed by atoms with Crippen LogP contribution in [0.3, 0.4) is 0 Å². The number of carbonyl (C=O) groups excluding carboxylic acids is 1. The quantitative estimate of drug-likeness (QED) is 0.779. The summed E-state index contributed by atoms with van der Waals surface area (Å²) < 4.78 is 5.92. The second-order valence-electron chi connectivity index (χ2n) is 5.74. The Morgan fingerprint density at radius 2 is 2.04 bits per heavy atom. The first kappa shape index (κ1) is 14.8. The van der Waals surface area contributed by atoms with Crippen LogP contribution >= 0.6 is 0 Å². The summed E-state index contributed by atoms with van der Waals surface area (Å²) in [6, 6.07) is 13.4. The zero-order valence-corrected chi connectivity index (χ0v) is 13.1. The van der Waals surface area contributed by atoms with Gasteiger partial charge in [-0.3, -0.25) is 4.79 Å². The van der Waals surface area contributed by atoms with Crippen molar-refractivity contribution in [2.75, 3.05) is 19.7 Å². The number of nitrogens with one attached hydrogen (secondary N) is 1. The number of aromatic amines is 1. The highest BCUT2D eigenvalue weighted by Crippen LogP contribution is 2.22. The predicted molar refractivity (Wildman–Crippen MR) is 87.3 cm³/mol. The molecule has 1 saturated heterocycles. The van der Waals surface area contributed by atoms with Crippen molar-refractivity contribution in [2.24, 2.45) is 0 Å². The summed E-state index contributed by atoms with van der Waals surface area (Å²) in [5, 5.41) is 10.4. The number of benzene rings is 1. The molecule has 24 heavy (non-hydrogen) atoms. The number of hydrogen-bond acceptors (Lipinski definition) is 5. The van der Waals surface area contributed by atoms with Crippen LogP contribution in [0.1, 0.15) is 28.6 Å². The number of hydrogen-bond donors (Lipinski definition) is 1. The van der Waals surface area contributed by atoms with Gasteiger partial charge < -0.3 is 9.64 Å². The van der Waals surface area contributed by atoms with E-state index in [-0.39, 0.29) is 12.0 Å². The minimum atomic E-state index is -0.117. The number of pyridine rings is 1. The molecule has 3 aromatic rings. The van der Waals surface area contributed by atoms with Gasteiger partial charge in [0.2, 0.25) is 5.65 Å². The zero-order valence-electron chi connectivity index (χ0n) is 13.1. The van der Waals surface area contributed by atoms with E-state index in [1.807, 2.05) is 30.3 Å². The van der Waals surface area contributed by atoms with Crippen molar-refractivity contribution in [1.82, 2.24) is 25.3 Å². The topological polar surface area (TPSA) is 84.0 Å². The van der Waals surface area contributed by atoms with E-state index in [0.29, 0.717) is 36.6 Å². The number of carbonyl (C=O) groups is 1. The van der Waals surface area contributed by atoms with Crippen molar-refractivity contribution < 1.29 is 9.53 Å². The summed E-state index contributed by atoms with van der Waals surface area (Å²) in [4.78, 5) is 19.0. The average molecular weight is 323 g/mol. The second kappa shape index (κ2) is 6.37. The van der Waals surface area contributed by atoms with Crippen LogP contribution in [0.5, 0.6) is 0 Å². The summed E-state index contributed by atoms with van der Waals surface area (Å²) in [5.41, 5.74) is 2.56. The Morgan fingerprint density at radius 3 is 2.92 bits per heavy atom. The summed E-state index contributed by atoms with van der Waals surface area (Å²) in [6.07, 6.45) is 0.690. The lowest BCUT2D eigenvalue weighted by Gasteiger charge is -2.24. The van der Waals surface area contributed by atoms with Crippen LogP contribution in [0.2, 0.25) is 0 Å². The van der Waals surface area contributed by atoms with Gasteiger partial charge >= 0.3 is 0 Å². The van der Waals surface area contributed by atoms with Gasteiger partial charge in [-0.15, -0.1) is 5.10 Å². The van der Waals surface area contributed by atoms with Gasteiger partial charge in [0.25, 0.3) is 5.91 Å². The molecule has 1 amide bonds. The van der Waals surface area contributed by atoms with Crippen LogP contribution in [0.25, 0.3) is 11.2 Å². The fourth-order valence-electron chi connectivity index (χ4n) is 2.90. The predicted octanol–water partition coefficient (Wildman–Crippen LogP) is 1.96. The SMILES string of the molecule is O=C(c1ccc2n[nH]nc2n1)N1CCCOC(c2ccccc2)C1. The van der Waals surface area contributed by atoms with Crippen LogP contribution in [0, 0.1) is 0 Å². The molecular weight excluding hydrogens is 306 g/mol. The van der Waals surface area contributed by atoms with Gasteiger partial charge in [0.15, 0.2) is 0 Å². The molecule has 1 aliphatic heterocycles. The smallest absolute Gasteiger partial charge is 0.272 e. The van der Waals surface area contributed by atoms with E-state index < -0.39 is 0 Å². The van der Waals surface area contributed by atoms with Gasteiger partial charge in [-0.05, 0) is 24.1 Å². The molecule has 1 N–H and O–H groups in total. The molecule has 1 unspecified atom stereocenters. The lowest BCUT2D eigenvalue weighted by molar-refractivity contribution is 0.0470. The Morgan fingerprint density at radius 1 is 1.17 bits per heavy atom. The molecule has 0 saturated carbocycles. The maximum Gasteiger partial charge on any atom is 0.272 e. The van der Waals surface area contributed by atoms with Crippen molar-refractivity contribution in [3.8, 4) is 0 Å². The number of fused-ring (bicyclic) bond motifs is 1. The summed E-state index contributed by atoms with van der Waals surface area (Å²) >= 11 is 0. The lowest BCUT2D eigenvalue weighted by atomic mass is 10.1. The van der Waals surface area contributed by atoms with E-state index in [1.54, 1.807) is 17.0 Å². The van der Waals surface area contributed by atoms with E-state index in [2.05, 4.69) is 20.4 Å². The molecular formula is C17H17N5O2. The van der Waals surface area contributed by atoms with Gasteiger partial charge in [0.1, 0.15) is 17.3 Å². The molecule has 3 heterocycles. The van der Waals surface area contributed by atoms with Gasteiger partial charge in [0.05, 0.1) is 6.54 Å². The maximum absolute atomic E-state index is 12.8. The monoisotopic (exact) mass is 323 g/mol. The number of nitrogens with zero attached hydrogens (tertiary/aromatic N) is 4. The highest BCUT2D eigenvalue weighted by molar-refractivity contribution is 5.94. The zero-order chi connectivity index (χ0) is 16.4. The molecule has 4 rings (SSSR count). The molecule has 1 atom stereocenters. The third kappa shape index (κ3) is 2.85. The van der Waals surface area contributed by atoms with Crippen molar-refractivity contribution >= 4 is 17.1 Å². The first-order valence-electron chi connectivity index (χ1n) is 7.94. The molecule has 0 bridgehead atoms. The molecule has 0 aliphatic carbocycles. The average Bonchev–Trinajstić information content (AvgIpc) is 2.96. The molecule has 7 nitrogen and oxygen atoms in total. The van der Waals surface area contributed by atoms with Crippen LogP contribution in [-0.4, -0.2) is 50.9 Å². The fraction of sp³-hybridized carbons (Fsp3) is 0.294. The third-order valence-electron chi connectivity index (χ3n) is 4.14. The minimum Gasteiger partial charge on any atom is -0.372 e. The van der Waals surface area contributed by atoms with Gasteiger partial charge in [-0.2, -0.15) is 10.3 Å². The number of ether oxygens (including phenoxy) is 1.